The molecule has 8 nitrogen and oxygen atoms in total. The number of fused-ring (bicyclic) bond motifs is 1. The molecule has 1 saturated heterocycles. The van der Waals surface area contributed by atoms with Gasteiger partial charge in [0.15, 0.2) is 0 Å². The van der Waals surface area contributed by atoms with Crippen LogP contribution < -0.4 is 15.5 Å². The van der Waals surface area contributed by atoms with E-state index in [1.54, 1.807) is 0 Å². The number of alkyl carbamates (subject to hydrolysis) is 1. The Hall–Kier alpha value is -2.61. The van der Waals surface area contributed by atoms with E-state index in [0.717, 1.165) is 74.5 Å². The van der Waals surface area contributed by atoms with Gasteiger partial charge < -0.3 is 25.0 Å². The molecule has 2 N–H and O–H groups in total. The number of anilines is 2. The number of amides is 1. The maximum Gasteiger partial charge on any atom is 0.407 e. The Bertz CT molecular complexity index is 900. The Labute approximate surface area is 183 Å². The van der Waals surface area contributed by atoms with Gasteiger partial charge in [0.2, 0.25) is 0 Å². The van der Waals surface area contributed by atoms with Crippen molar-refractivity contribution in [3.05, 3.63) is 24.4 Å². The number of carbonyl (C=O) groups excluding carboxylic acids is 1. The van der Waals surface area contributed by atoms with Gasteiger partial charge in [0.1, 0.15) is 11.4 Å². The summed E-state index contributed by atoms with van der Waals surface area (Å²) in [6.45, 7) is 8.95. The number of ether oxygens (including phenoxy) is 2. The van der Waals surface area contributed by atoms with E-state index < -0.39 is 5.60 Å². The van der Waals surface area contributed by atoms with E-state index in [-0.39, 0.29) is 12.1 Å². The normalized spacial score (nSPS) is 22.2. The summed E-state index contributed by atoms with van der Waals surface area (Å²) in [4.78, 5) is 23.7. The fourth-order valence-electron chi connectivity index (χ4n) is 4.15. The number of morpholine rings is 1. The minimum absolute atomic E-state index is 0.159. The molecule has 1 aliphatic heterocycles. The summed E-state index contributed by atoms with van der Waals surface area (Å²) in [5, 5.41) is 6.52. The van der Waals surface area contributed by atoms with Gasteiger partial charge in [-0.1, -0.05) is 0 Å². The van der Waals surface area contributed by atoms with Gasteiger partial charge in [-0.25, -0.2) is 9.78 Å². The van der Waals surface area contributed by atoms with Crippen LogP contribution in [0.3, 0.4) is 0 Å². The summed E-state index contributed by atoms with van der Waals surface area (Å²) in [5.74, 6) is 0.801. The summed E-state index contributed by atoms with van der Waals surface area (Å²) in [5.41, 5.74) is 2.48. The SMILES string of the molecule is CC(C)(C)OC(=O)NC1CCC(Nc2cnc3ccc(N4CCOCC4)cc3n2)CC1. The van der Waals surface area contributed by atoms with Crippen LogP contribution in [0.4, 0.5) is 16.3 Å². The molecule has 1 aromatic carbocycles. The van der Waals surface area contributed by atoms with Crippen LogP contribution in [-0.4, -0.2) is 60.0 Å². The molecule has 1 aliphatic carbocycles. The van der Waals surface area contributed by atoms with E-state index in [4.69, 9.17) is 14.5 Å². The highest BCUT2D eigenvalue weighted by Gasteiger charge is 2.25. The number of nitrogens with one attached hydrogen (secondary N) is 2. The van der Waals surface area contributed by atoms with Crippen molar-refractivity contribution in [1.29, 1.82) is 0 Å². The minimum atomic E-state index is -0.473. The van der Waals surface area contributed by atoms with E-state index in [0.29, 0.717) is 6.04 Å². The van der Waals surface area contributed by atoms with Gasteiger partial charge in [-0.15, -0.1) is 0 Å². The molecule has 0 atom stereocenters. The molecule has 0 bridgehead atoms. The summed E-state index contributed by atoms with van der Waals surface area (Å²) in [6, 6.07) is 6.73. The first-order valence-corrected chi connectivity index (χ1v) is 11.2. The summed E-state index contributed by atoms with van der Waals surface area (Å²) < 4.78 is 10.8. The van der Waals surface area contributed by atoms with E-state index in [1.165, 1.54) is 0 Å². The number of rotatable bonds is 4. The van der Waals surface area contributed by atoms with E-state index >= 15 is 0 Å². The second-order valence-electron chi connectivity index (χ2n) is 9.37. The highest BCUT2D eigenvalue weighted by Crippen LogP contribution is 2.25. The molecule has 2 fully saturated rings. The Morgan fingerprint density at radius 2 is 1.81 bits per heavy atom. The zero-order valence-corrected chi connectivity index (χ0v) is 18.7. The van der Waals surface area contributed by atoms with Crippen molar-refractivity contribution >= 4 is 28.6 Å². The predicted molar refractivity (Wildman–Crippen MR) is 122 cm³/mol. The van der Waals surface area contributed by atoms with Crippen LogP contribution in [-0.2, 0) is 9.47 Å². The van der Waals surface area contributed by atoms with Crippen LogP contribution in [0.1, 0.15) is 46.5 Å². The topological polar surface area (TPSA) is 88.6 Å². The highest BCUT2D eigenvalue weighted by molar-refractivity contribution is 5.80. The van der Waals surface area contributed by atoms with Gasteiger partial charge >= 0.3 is 6.09 Å². The number of aromatic nitrogens is 2. The molecule has 8 heteroatoms. The van der Waals surface area contributed by atoms with Crippen molar-refractivity contribution in [3.63, 3.8) is 0 Å². The van der Waals surface area contributed by atoms with Crippen LogP contribution in [0.5, 0.6) is 0 Å². The van der Waals surface area contributed by atoms with Crippen molar-refractivity contribution in [2.75, 3.05) is 36.5 Å². The van der Waals surface area contributed by atoms with Crippen molar-refractivity contribution in [2.45, 2.75) is 64.1 Å². The lowest BCUT2D eigenvalue weighted by Gasteiger charge is -2.30. The van der Waals surface area contributed by atoms with Gasteiger partial charge in [0, 0.05) is 30.9 Å². The maximum absolute atomic E-state index is 12.0. The number of hydrogen-bond donors (Lipinski definition) is 2. The van der Waals surface area contributed by atoms with Crippen LogP contribution >= 0.6 is 0 Å². The smallest absolute Gasteiger partial charge is 0.407 e. The molecule has 1 amide bonds. The van der Waals surface area contributed by atoms with E-state index in [1.807, 2.05) is 33.0 Å². The molecule has 2 aromatic rings. The Balaban J connectivity index is 1.33. The Morgan fingerprint density at radius 1 is 1.10 bits per heavy atom. The standard InChI is InChI=1S/C23H33N5O3/c1-23(2,3)31-22(29)26-17-6-4-16(5-7-17)25-21-15-24-19-9-8-18(14-20(19)27-21)28-10-12-30-13-11-28/h8-9,14-17H,4-7,10-13H2,1-3H3,(H,25,27)(H,26,29). The molecule has 0 unspecified atom stereocenters. The third-order valence-corrected chi connectivity index (χ3v) is 5.70. The second-order valence-corrected chi connectivity index (χ2v) is 9.37. The molecule has 1 saturated carbocycles. The number of benzene rings is 1. The minimum Gasteiger partial charge on any atom is -0.444 e. The van der Waals surface area contributed by atoms with E-state index in [2.05, 4.69) is 32.7 Å². The molecular formula is C23H33N5O3. The quantitative estimate of drug-likeness (QED) is 0.769. The lowest BCUT2D eigenvalue weighted by Crippen LogP contribution is -2.42. The van der Waals surface area contributed by atoms with Crippen molar-refractivity contribution < 1.29 is 14.3 Å². The van der Waals surface area contributed by atoms with Crippen molar-refractivity contribution in [3.8, 4) is 0 Å². The lowest BCUT2D eigenvalue weighted by atomic mass is 9.91. The molecule has 31 heavy (non-hydrogen) atoms. The number of nitrogens with zero attached hydrogens (tertiary/aromatic N) is 3. The van der Waals surface area contributed by atoms with Crippen molar-refractivity contribution in [1.82, 2.24) is 15.3 Å². The summed E-state index contributed by atoms with van der Waals surface area (Å²) in [7, 11) is 0. The first-order chi connectivity index (χ1) is 14.9. The third kappa shape index (κ3) is 5.97. The lowest BCUT2D eigenvalue weighted by molar-refractivity contribution is 0.0492. The number of carbonyl (C=O) groups is 1. The third-order valence-electron chi connectivity index (χ3n) is 5.70. The van der Waals surface area contributed by atoms with Crippen LogP contribution in [0.2, 0.25) is 0 Å². The average Bonchev–Trinajstić information content (AvgIpc) is 2.74. The van der Waals surface area contributed by atoms with Gasteiger partial charge in [-0.3, -0.25) is 4.98 Å². The monoisotopic (exact) mass is 427 g/mol. The molecule has 1 aromatic heterocycles. The average molecular weight is 428 g/mol. The molecule has 4 rings (SSSR count). The van der Waals surface area contributed by atoms with Crippen molar-refractivity contribution in [2.24, 2.45) is 0 Å². The van der Waals surface area contributed by atoms with Gasteiger partial charge in [0.25, 0.3) is 0 Å². The zero-order chi connectivity index (χ0) is 21.8. The Kier molecular flexibility index (Phi) is 6.46. The zero-order valence-electron chi connectivity index (χ0n) is 18.7. The van der Waals surface area contributed by atoms with Crippen LogP contribution in [0.15, 0.2) is 24.4 Å². The second kappa shape index (κ2) is 9.26. The molecule has 168 valence electrons. The summed E-state index contributed by atoms with van der Waals surface area (Å²) >= 11 is 0. The molecule has 2 heterocycles. The number of hydrogen-bond acceptors (Lipinski definition) is 7. The Morgan fingerprint density at radius 3 is 2.52 bits per heavy atom. The van der Waals surface area contributed by atoms with Crippen LogP contribution in [0, 0.1) is 0 Å². The van der Waals surface area contributed by atoms with Gasteiger partial charge in [-0.2, -0.15) is 0 Å². The van der Waals surface area contributed by atoms with Gasteiger partial charge in [0.05, 0.1) is 30.4 Å². The highest BCUT2D eigenvalue weighted by atomic mass is 16.6. The fourth-order valence-corrected chi connectivity index (χ4v) is 4.15. The van der Waals surface area contributed by atoms with E-state index in [9.17, 15) is 4.79 Å². The fraction of sp³-hybridized carbons (Fsp3) is 0.609. The molecule has 0 radical (unpaired) electrons. The first kappa shape index (κ1) is 21.6. The maximum atomic E-state index is 12.0. The largest absolute Gasteiger partial charge is 0.444 e. The van der Waals surface area contributed by atoms with Crippen LogP contribution in [0.25, 0.3) is 11.0 Å². The molecular weight excluding hydrogens is 394 g/mol. The molecule has 0 spiro atoms. The van der Waals surface area contributed by atoms with Gasteiger partial charge in [-0.05, 0) is 64.7 Å². The predicted octanol–water partition coefficient (Wildman–Crippen LogP) is 3.71. The summed E-state index contributed by atoms with van der Waals surface area (Å²) in [6.07, 6.45) is 5.24. The molecule has 2 aliphatic rings. The first-order valence-electron chi connectivity index (χ1n) is 11.2.